The molecule has 0 radical (unpaired) electrons. The third-order valence-electron chi connectivity index (χ3n) is 3.01. The minimum atomic E-state index is 0.444. The first-order chi connectivity index (χ1) is 10.2. The zero-order valence-electron chi connectivity index (χ0n) is 12.4. The molecular formula is C16H20ClN3O. The van der Waals surface area contributed by atoms with Crippen molar-refractivity contribution >= 4 is 17.4 Å². The third-order valence-corrected chi connectivity index (χ3v) is 3.25. The Labute approximate surface area is 130 Å². The van der Waals surface area contributed by atoms with Gasteiger partial charge in [-0.25, -0.2) is 9.97 Å². The largest absolute Gasteiger partial charge is 0.472 e. The summed E-state index contributed by atoms with van der Waals surface area (Å²) in [6.45, 7) is 5.44. The summed E-state index contributed by atoms with van der Waals surface area (Å²) in [5.74, 6) is 1.50. The van der Waals surface area contributed by atoms with Crippen molar-refractivity contribution in [2.75, 3.05) is 11.9 Å². The van der Waals surface area contributed by atoms with Crippen LogP contribution >= 0.6 is 11.6 Å². The van der Waals surface area contributed by atoms with Crippen LogP contribution in [-0.4, -0.2) is 16.5 Å². The first kappa shape index (κ1) is 15.6. The molecular weight excluding hydrogens is 286 g/mol. The van der Waals surface area contributed by atoms with E-state index in [0.29, 0.717) is 17.5 Å². The van der Waals surface area contributed by atoms with E-state index in [0.717, 1.165) is 36.3 Å². The van der Waals surface area contributed by atoms with E-state index in [2.05, 4.69) is 22.2 Å². The Morgan fingerprint density at radius 1 is 1.24 bits per heavy atom. The minimum Gasteiger partial charge on any atom is -0.472 e. The lowest BCUT2D eigenvalue weighted by Gasteiger charge is -2.13. The Morgan fingerprint density at radius 2 is 2.10 bits per heavy atom. The highest BCUT2D eigenvalue weighted by Crippen LogP contribution is 2.24. The van der Waals surface area contributed by atoms with Gasteiger partial charge < -0.3 is 10.1 Å². The molecule has 21 heavy (non-hydrogen) atoms. The van der Waals surface area contributed by atoms with E-state index in [-0.39, 0.29) is 0 Å². The summed E-state index contributed by atoms with van der Waals surface area (Å²) in [4.78, 5) is 8.56. The van der Waals surface area contributed by atoms with Gasteiger partial charge in [0.15, 0.2) is 0 Å². The predicted octanol–water partition coefficient (Wildman–Crippen LogP) is 4.09. The van der Waals surface area contributed by atoms with Crippen molar-refractivity contribution < 1.29 is 4.74 Å². The molecule has 1 heterocycles. The van der Waals surface area contributed by atoms with E-state index in [1.54, 1.807) is 0 Å². The summed E-state index contributed by atoms with van der Waals surface area (Å²) in [5, 5.41) is 3.97. The maximum absolute atomic E-state index is 5.98. The van der Waals surface area contributed by atoms with Gasteiger partial charge in [0.25, 0.3) is 0 Å². The van der Waals surface area contributed by atoms with Crippen LogP contribution in [0.25, 0.3) is 0 Å². The molecule has 0 amide bonds. The Balaban J connectivity index is 2.16. The second-order valence-corrected chi connectivity index (χ2v) is 5.14. The molecule has 1 aromatic heterocycles. The van der Waals surface area contributed by atoms with Crippen LogP contribution in [0.15, 0.2) is 30.6 Å². The zero-order chi connectivity index (χ0) is 15.1. The molecule has 1 N–H and O–H groups in total. The summed E-state index contributed by atoms with van der Waals surface area (Å²) in [6, 6.07) is 7.64. The van der Waals surface area contributed by atoms with E-state index in [1.165, 1.54) is 6.33 Å². The summed E-state index contributed by atoms with van der Waals surface area (Å²) in [7, 11) is 0. The van der Waals surface area contributed by atoms with Crippen LogP contribution in [0.3, 0.4) is 0 Å². The van der Waals surface area contributed by atoms with Gasteiger partial charge in [0, 0.05) is 11.6 Å². The molecule has 0 bridgehead atoms. The van der Waals surface area contributed by atoms with Gasteiger partial charge in [0.1, 0.15) is 18.8 Å². The van der Waals surface area contributed by atoms with Crippen LogP contribution in [0.4, 0.5) is 5.82 Å². The smallest absolute Gasteiger partial charge is 0.222 e. The van der Waals surface area contributed by atoms with Gasteiger partial charge in [0.05, 0.1) is 5.56 Å². The molecule has 0 aliphatic carbocycles. The van der Waals surface area contributed by atoms with Gasteiger partial charge in [-0.2, -0.15) is 0 Å². The number of hydrogen-bond donors (Lipinski definition) is 1. The quantitative estimate of drug-likeness (QED) is 0.837. The van der Waals surface area contributed by atoms with Crippen LogP contribution in [0.5, 0.6) is 5.88 Å². The van der Waals surface area contributed by atoms with E-state index >= 15 is 0 Å². The topological polar surface area (TPSA) is 47.0 Å². The van der Waals surface area contributed by atoms with Crippen molar-refractivity contribution in [1.29, 1.82) is 0 Å². The van der Waals surface area contributed by atoms with Crippen LogP contribution in [0.1, 0.15) is 31.4 Å². The molecule has 0 spiro atoms. The van der Waals surface area contributed by atoms with Crippen molar-refractivity contribution in [3.8, 4) is 5.88 Å². The van der Waals surface area contributed by atoms with Crippen LogP contribution < -0.4 is 10.1 Å². The molecule has 5 heteroatoms. The van der Waals surface area contributed by atoms with E-state index < -0.39 is 0 Å². The summed E-state index contributed by atoms with van der Waals surface area (Å²) in [5.41, 5.74) is 2.05. The highest BCUT2D eigenvalue weighted by Gasteiger charge is 2.11. The van der Waals surface area contributed by atoms with Crippen molar-refractivity contribution in [2.24, 2.45) is 0 Å². The number of ether oxygens (including phenoxy) is 1. The summed E-state index contributed by atoms with van der Waals surface area (Å²) < 4.78 is 5.87. The van der Waals surface area contributed by atoms with Gasteiger partial charge in [-0.1, -0.05) is 37.1 Å². The highest BCUT2D eigenvalue weighted by molar-refractivity contribution is 6.30. The van der Waals surface area contributed by atoms with Crippen molar-refractivity contribution in [2.45, 2.75) is 33.3 Å². The Hall–Kier alpha value is -1.81. The van der Waals surface area contributed by atoms with Gasteiger partial charge in [-0.3, -0.25) is 0 Å². The highest BCUT2D eigenvalue weighted by atomic mass is 35.5. The minimum absolute atomic E-state index is 0.444. The van der Waals surface area contributed by atoms with Crippen molar-refractivity contribution in [3.05, 3.63) is 46.7 Å². The standard InChI is InChI=1S/C16H20ClN3O/c1-3-6-14-15(18-4-2)19-11-20-16(14)21-10-12-7-5-8-13(17)9-12/h5,7-9,11H,3-4,6,10H2,1-2H3,(H,18,19,20). The number of aromatic nitrogens is 2. The molecule has 2 aromatic rings. The fraction of sp³-hybridized carbons (Fsp3) is 0.375. The third kappa shape index (κ3) is 4.33. The van der Waals surface area contributed by atoms with E-state index in [9.17, 15) is 0 Å². The number of anilines is 1. The number of benzene rings is 1. The Morgan fingerprint density at radius 3 is 2.81 bits per heavy atom. The molecule has 0 fully saturated rings. The van der Waals surface area contributed by atoms with Crippen LogP contribution in [0.2, 0.25) is 5.02 Å². The first-order valence-corrected chi connectivity index (χ1v) is 7.57. The monoisotopic (exact) mass is 305 g/mol. The van der Waals surface area contributed by atoms with Crippen molar-refractivity contribution in [3.63, 3.8) is 0 Å². The number of hydrogen-bond acceptors (Lipinski definition) is 4. The second kappa shape index (κ2) is 7.84. The van der Waals surface area contributed by atoms with E-state index in [1.807, 2.05) is 31.2 Å². The average molecular weight is 306 g/mol. The molecule has 0 saturated carbocycles. The Bertz CT molecular complexity index is 589. The van der Waals surface area contributed by atoms with Gasteiger partial charge in [-0.15, -0.1) is 0 Å². The molecule has 1 aromatic carbocycles. The molecule has 0 atom stereocenters. The molecule has 0 aliphatic heterocycles. The molecule has 2 rings (SSSR count). The summed E-state index contributed by atoms with van der Waals surface area (Å²) >= 11 is 5.98. The van der Waals surface area contributed by atoms with Crippen LogP contribution in [0, 0.1) is 0 Å². The lowest BCUT2D eigenvalue weighted by atomic mass is 10.1. The number of nitrogens with zero attached hydrogens (tertiary/aromatic N) is 2. The van der Waals surface area contributed by atoms with Gasteiger partial charge in [0.2, 0.25) is 5.88 Å². The number of nitrogens with one attached hydrogen (secondary N) is 1. The normalized spacial score (nSPS) is 10.4. The SMILES string of the molecule is CCCc1c(NCC)ncnc1OCc1cccc(Cl)c1. The van der Waals surface area contributed by atoms with E-state index in [4.69, 9.17) is 16.3 Å². The number of halogens is 1. The fourth-order valence-electron chi connectivity index (χ4n) is 2.09. The van der Waals surface area contributed by atoms with Gasteiger partial charge in [-0.05, 0) is 31.0 Å². The zero-order valence-corrected chi connectivity index (χ0v) is 13.2. The number of rotatable bonds is 7. The molecule has 0 unspecified atom stereocenters. The molecule has 112 valence electrons. The maximum atomic E-state index is 5.98. The lowest BCUT2D eigenvalue weighted by molar-refractivity contribution is 0.290. The first-order valence-electron chi connectivity index (χ1n) is 7.19. The summed E-state index contributed by atoms with van der Waals surface area (Å²) in [6.07, 6.45) is 3.43. The Kier molecular flexibility index (Phi) is 5.81. The maximum Gasteiger partial charge on any atom is 0.222 e. The molecule has 0 saturated heterocycles. The second-order valence-electron chi connectivity index (χ2n) is 4.70. The predicted molar refractivity (Wildman–Crippen MR) is 86.0 cm³/mol. The molecule has 4 nitrogen and oxygen atoms in total. The average Bonchev–Trinajstić information content (AvgIpc) is 2.48. The lowest BCUT2D eigenvalue weighted by Crippen LogP contribution is -2.08. The fourth-order valence-corrected chi connectivity index (χ4v) is 2.31. The molecule has 0 aliphatic rings. The van der Waals surface area contributed by atoms with Crippen molar-refractivity contribution in [1.82, 2.24) is 9.97 Å². The van der Waals surface area contributed by atoms with Gasteiger partial charge >= 0.3 is 0 Å². The van der Waals surface area contributed by atoms with Crippen LogP contribution in [-0.2, 0) is 13.0 Å².